The summed E-state index contributed by atoms with van der Waals surface area (Å²) in [7, 11) is 1.70. The standard InChI is InChI=1S/C13H18FNO2/c1-15(17-10-6-5-9-14)11-13(16)12-7-3-2-4-8-12/h2-4,7-8H,5-6,9-11H2,1H3/i14-1. The Bertz CT molecular complexity index is 329. The van der Waals surface area contributed by atoms with Crippen LogP contribution in [0.25, 0.3) is 0 Å². The fourth-order valence-electron chi connectivity index (χ4n) is 1.38. The van der Waals surface area contributed by atoms with E-state index in [1.54, 1.807) is 19.2 Å². The van der Waals surface area contributed by atoms with Gasteiger partial charge in [0, 0.05) is 12.6 Å². The first-order valence-corrected chi connectivity index (χ1v) is 5.72. The van der Waals surface area contributed by atoms with Gasteiger partial charge in [-0.1, -0.05) is 30.3 Å². The van der Waals surface area contributed by atoms with Crippen molar-refractivity contribution in [3.63, 3.8) is 0 Å². The van der Waals surface area contributed by atoms with E-state index in [4.69, 9.17) is 4.84 Å². The van der Waals surface area contributed by atoms with Crippen molar-refractivity contribution in [2.75, 3.05) is 26.9 Å². The van der Waals surface area contributed by atoms with Gasteiger partial charge in [0.2, 0.25) is 0 Å². The summed E-state index contributed by atoms with van der Waals surface area (Å²) in [5.74, 6) is 0.0126. The Morgan fingerprint density at radius 1 is 1.29 bits per heavy atom. The van der Waals surface area contributed by atoms with Crippen LogP contribution < -0.4 is 0 Å². The van der Waals surface area contributed by atoms with Gasteiger partial charge in [0.05, 0.1) is 19.8 Å². The number of halogens is 1. The molecule has 0 aliphatic rings. The maximum Gasteiger partial charge on any atom is 0.179 e. The van der Waals surface area contributed by atoms with Crippen molar-refractivity contribution in [1.82, 2.24) is 5.06 Å². The number of hydroxylamine groups is 2. The molecule has 1 rings (SSSR count). The summed E-state index contributed by atoms with van der Waals surface area (Å²) < 4.78 is 11.8. The zero-order valence-electron chi connectivity index (χ0n) is 10.1. The smallest absolute Gasteiger partial charge is 0.179 e. The third kappa shape index (κ3) is 5.56. The number of nitrogens with zero attached hydrogens (tertiary/aromatic N) is 1. The zero-order valence-corrected chi connectivity index (χ0v) is 10.1. The first-order chi connectivity index (χ1) is 8.24. The number of carbonyl (C=O) groups excluding carboxylic acids is 1. The third-order valence-electron chi connectivity index (χ3n) is 2.30. The Hall–Kier alpha value is -1.26. The molecule has 0 aromatic heterocycles. The van der Waals surface area contributed by atoms with Crippen LogP contribution in [0.1, 0.15) is 23.2 Å². The van der Waals surface area contributed by atoms with Crippen molar-refractivity contribution in [2.45, 2.75) is 12.8 Å². The van der Waals surface area contributed by atoms with Gasteiger partial charge in [-0.15, -0.1) is 0 Å². The molecule has 0 heterocycles. The number of hydrogen-bond acceptors (Lipinski definition) is 3. The highest BCUT2D eigenvalue weighted by Gasteiger charge is 2.08. The van der Waals surface area contributed by atoms with Crippen LogP contribution in [0.3, 0.4) is 0 Å². The van der Waals surface area contributed by atoms with Gasteiger partial charge in [-0.05, 0) is 12.8 Å². The van der Waals surface area contributed by atoms with Crippen molar-refractivity contribution >= 4 is 5.78 Å². The van der Waals surface area contributed by atoms with Crippen LogP contribution in [0.4, 0.5) is 4.39 Å². The molecule has 0 fully saturated rings. The first kappa shape index (κ1) is 13.8. The maximum absolute atomic E-state index is 11.8. The normalized spacial score (nSPS) is 10.8. The average Bonchev–Trinajstić information content (AvgIpc) is 2.36. The summed E-state index contributed by atoms with van der Waals surface area (Å²) in [5, 5.41) is 1.49. The molecule has 94 valence electrons. The lowest BCUT2D eigenvalue weighted by atomic mass is 10.1. The minimum atomic E-state index is -0.323. The average molecular weight is 238 g/mol. The molecule has 0 unspecified atom stereocenters. The second-order valence-corrected chi connectivity index (χ2v) is 3.80. The highest BCUT2D eigenvalue weighted by molar-refractivity contribution is 5.97. The summed E-state index contributed by atoms with van der Waals surface area (Å²) >= 11 is 0. The van der Waals surface area contributed by atoms with Crippen LogP contribution in [-0.2, 0) is 4.84 Å². The summed E-state index contributed by atoms with van der Waals surface area (Å²) in [6, 6.07) is 9.08. The van der Waals surface area contributed by atoms with Crippen LogP contribution in [0.15, 0.2) is 30.3 Å². The van der Waals surface area contributed by atoms with E-state index < -0.39 is 0 Å². The van der Waals surface area contributed by atoms with Crippen LogP contribution in [0, 0.1) is 0 Å². The predicted molar refractivity (Wildman–Crippen MR) is 64.6 cm³/mol. The number of alkyl halides is 1. The van der Waals surface area contributed by atoms with Crippen LogP contribution >= 0.6 is 0 Å². The van der Waals surface area contributed by atoms with E-state index in [0.29, 0.717) is 25.0 Å². The fourth-order valence-corrected chi connectivity index (χ4v) is 1.38. The van der Waals surface area contributed by atoms with E-state index in [2.05, 4.69) is 0 Å². The van der Waals surface area contributed by atoms with Gasteiger partial charge in [0.1, 0.15) is 0 Å². The Morgan fingerprint density at radius 3 is 2.65 bits per heavy atom. The van der Waals surface area contributed by atoms with Gasteiger partial charge in [-0.25, -0.2) is 0 Å². The Balaban J connectivity index is 2.26. The van der Waals surface area contributed by atoms with E-state index in [0.717, 1.165) is 0 Å². The quantitative estimate of drug-likeness (QED) is 0.396. The lowest BCUT2D eigenvalue weighted by Gasteiger charge is -2.15. The molecule has 0 saturated heterocycles. The minimum absolute atomic E-state index is 0.0126. The SMILES string of the molecule is CN(CC(=O)c1ccccc1)OCCCC[18F]. The molecule has 0 aliphatic heterocycles. The van der Waals surface area contributed by atoms with Gasteiger partial charge in [0.15, 0.2) is 5.78 Å². The molecular weight excluding hydrogens is 220 g/mol. The van der Waals surface area contributed by atoms with Gasteiger partial charge in [-0.2, -0.15) is 5.06 Å². The lowest BCUT2D eigenvalue weighted by Crippen LogP contribution is -2.26. The molecule has 3 nitrogen and oxygen atoms in total. The zero-order chi connectivity index (χ0) is 12.5. The van der Waals surface area contributed by atoms with E-state index in [1.807, 2.05) is 18.2 Å². The Labute approximate surface area is 101 Å². The fraction of sp³-hybridized carbons (Fsp3) is 0.462. The van der Waals surface area contributed by atoms with Crippen molar-refractivity contribution in [2.24, 2.45) is 0 Å². The minimum Gasteiger partial charge on any atom is -0.299 e. The van der Waals surface area contributed by atoms with Crippen molar-refractivity contribution < 1.29 is 14.0 Å². The van der Waals surface area contributed by atoms with E-state index in [1.165, 1.54) is 5.06 Å². The van der Waals surface area contributed by atoms with Crippen LogP contribution in [0.2, 0.25) is 0 Å². The summed E-state index contributed by atoms with van der Waals surface area (Å²) in [6.07, 6.45) is 1.17. The predicted octanol–water partition coefficient (Wildman–Crippen LogP) is 2.48. The molecular formula is C13H18FNO2. The summed E-state index contributed by atoms with van der Waals surface area (Å²) in [6.45, 7) is 0.331. The number of unbranched alkanes of at least 4 members (excludes halogenated alkanes) is 1. The van der Waals surface area contributed by atoms with Gasteiger partial charge >= 0.3 is 0 Å². The highest BCUT2D eigenvalue weighted by Crippen LogP contribution is 2.02. The topological polar surface area (TPSA) is 29.5 Å². The molecule has 0 N–H and O–H groups in total. The molecule has 4 heteroatoms. The molecule has 1 aromatic rings. The lowest BCUT2D eigenvalue weighted by molar-refractivity contribution is -0.132. The Kier molecular flexibility index (Phi) is 6.43. The van der Waals surface area contributed by atoms with Crippen LogP contribution in [0.5, 0.6) is 0 Å². The molecule has 0 aliphatic carbocycles. The molecule has 17 heavy (non-hydrogen) atoms. The molecule has 0 radical (unpaired) electrons. The van der Waals surface area contributed by atoms with Crippen molar-refractivity contribution in [1.29, 1.82) is 0 Å². The molecule has 0 bridgehead atoms. The molecule has 0 atom stereocenters. The first-order valence-electron chi connectivity index (χ1n) is 5.72. The highest BCUT2D eigenvalue weighted by atomic mass is 18.2. The summed E-state index contributed by atoms with van der Waals surface area (Å²) in [5.41, 5.74) is 0.673. The Morgan fingerprint density at radius 2 is 2.00 bits per heavy atom. The van der Waals surface area contributed by atoms with Crippen LogP contribution in [-0.4, -0.2) is 37.7 Å². The number of hydrogen-bond donors (Lipinski definition) is 0. The maximum atomic E-state index is 11.8. The number of ketones is 1. The number of Topliss-reactive ketones (excluding diaryl/α,β-unsaturated/α-hetero) is 1. The monoisotopic (exact) mass is 238 g/mol. The number of rotatable bonds is 8. The van der Waals surface area contributed by atoms with Gasteiger partial charge in [-0.3, -0.25) is 14.0 Å². The van der Waals surface area contributed by atoms with Crippen molar-refractivity contribution in [3.05, 3.63) is 35.9 Å². The molecule has 0 saturated carbocycles. The molecule has 0 amide bonds. The molecule has 1 aromatic carbocycles. The van der Waals surface area contributed by atoms with Gasteiger partial charge < -0.3 is 0 Å². The number of likely N-dealkylation sites (N-methyl/N-ethyl adjacent to an activating group) is 1. The number of carbonyl (C=O) groups is 1. The second kappa shape index (κ2) is 7.92. The largest absolute Gasteiger partial charge is 0.299 e. The van der Waals surface area contributed by atoms with Gasteiger partial charge in [0.25, 0.3) is 0 Å². The van der Waals surface area contributed by atoms with E-state index in [-0.39, 0.29) is 19.0 Å². The summed E-state index contributed by atoms with van der Waals surface area (Å²) in [4.78, 5) is 17.0. The third-order valence-corrected chi connectivity index (χ3v) is 2.30. The second-order valence-electron chi connectivity index (χ2n) is 3.80. The van der Waals surface area contributed by atoms with Crippen molar-refractivity contribution in [3.8, 4) is 0 Å². The van der Waals surface area contributed by atoms with E-state index >= 15 is 0 Å². The number of benzene rings is 1. The molecule has 0 spiro atoms. The van der Waals surface area contributed by atoms with E-state index in [9.17, 15) is 9.18 Å².